The zero-order chi connectivity index (χ0) is 5.98. The van der Waals surface area contributed by atoms with Gasteiger partial charge in [-0.15, -0.1) is 0 Å². The molecule has 0 aromatic heterocycles. The Labute approximate surface area is 49.8 Å². The average Bonchev–Trinajstić information content (AvgIpc) is 1.77. The lowest BCUT2D eigenvalue weighted by molar-refractivity contribution is 0.654. The molecule has 0 saturated carbocycles. The van der Waals surface area contributed by atoms with Gasteiger partial charge in [-0.1, -0.05) is 0 Å². The smallest absolute Gasteiger partial charge is 0.0948 e. The molecule has 0 aliphatic carbocycles. The molecular weight excluding hydrogens is 100 g/mol. The molecule has 1 heterocycles. The van der Waals surface area contributed by atoms with Crippen LogP contribution in [0.25, 0.3) is 0 Å². The lowest BCUT2D eigenvalue weighted by Gasteiger charge is -2.15. The Morgan fingerprint density at radius 1 is 1.62 bits per heavy atom. The third-order valence-electron chi connectivity index (χ3n) is 1.50. The van der Waals surface area contributed by atoms with Gasteiger partial charge in [-0.2, -0.15) is 0 Å². The first-order valence-electron chi connectivity index (χ1n) is 3.00. The molecule has 0 bridgehead atoms. The summed E-state index contributed by atoms with van der Waals surface area (Å²) in [4.78, 5) is 0. The Balaban J connectivity index is 2.60. The largest absolute Gasteiger partial charge is 0.386 e. The molecule has 0 amide bonds. The predicted molar refractivity (Wildman–Crippen MR) is 34.1 cm³/mol. The fraction of sp³-hybridized carbons (Fsp3) is 0.667. The summed E-state index contributed by atoms with van der Waals surface area (Å²) in [6.45, 7) is 3.12. The summed E-state index contributed by atoms with van der Waals surface area (Å²) in [5, 5.41) is 3.09. The lowest BCUT2D eigenvalue weighted by atomic mass is 10.1. The van der Waals surface area contributed by atoms with E-state index in [4.69, 9.17) is 5.73 Å². The summed E-state index contributed by atoms with van der Waals surface area (Å²) in [5.41, 5.74) is 6.85. The number of hydrogen-bond acceptors (Lipinski definition) is 2. The van der Waals surface area contributed by atoms with Crippen molar-refractivity contribution in [2.75, 3.05) is 6.54 Å². The van der Waals surface area contributed by atoms with E-state index in [1.54, 1.807) is 0 Å². The van der Waals surface area contributed by atoms with E-state index >= 15 is 0 Å². The SMILES string of the molecule is CC1=C(N)NCCC1. The van der Waals surface area contributed by atoms with Crippen LogP contribution in [0.3, 0.4) is 0 Å². The molecule has 2 nitrogen and oxygen atoms in total. The molecule has 2 heteroatoms. The van der Waals surface area contributed by atoms with Crippen molar-refractivity contribution >= 4 is 0 Å². The van der Waals surface area contributed by atoms with Gasteiger partial charge in [0, 0.05) is 6.54 Å². The van der Waals surface area contributed by atoms with E-state index in [-0.39, 0.29) is 0 Å². The lowest BCUT2D eigenvalue weighted by Crippen LogP contribution is -2.26. The van der Waals surface area contributed by atoms with Gasteiger partial charge in [0.25, 0.3) is 0 Å². The number of hydrogen-bond donors (Lipinski definition) is 2. The molecule has 46 valence electrons. The van der Waals surface area contributed by atoms with Gasteiger partial charge in [0.15, 0.2) is 0 Å². The molecule has 0 saturated heterocycles. The van der Waals surface area contributed by atoms with Crippen LogP contribution in [0, 0.1) is 0 Å². The first-order valence-corrected chi connectivity index (χ1v) is 3.00. The van der Waals surface area contributed by atoms with Crippen molar-refractivity contribution in [2.45, 2.75) is 19.8 Å². The quantitative estimate of drug-likeness (QED) is 0.480. The summed E-state index contributed by atoms with van der Waals surface area (Å²) < 4.78 is 0. The Hall–Kier alpha value is -0.660. The van der Waals surface area contributed by atoms with Crippen molar-refractivity contribution in [1.29, 1.82) is 0 Å². The monoisotopic (exact) mass is 112 g/mol. The van der Waals surface area contributed by atoms with E-state index in [0.717, 1.165) is 12.4 Å². The number of allylic oxidation sites excluding steroid dienone is 1. The third-order valence-corrected chi connectivity index (χ3v) is 1.50. The van der Waals surface area contributed by atoms with Crippen molar-refractivity contribution in [3.8, 4) is 0 Å². The van der Waals surface area contributed by atoms with E-state index in [1.165, 1.54) is 18.4 Å². The minimum absolute atomic E-state index is 0.885. The zero-order valence-electron chi connectivity index (χ0n) is 5.20. The van der Waals surface area contributed by atoms with Crippen LogP contribution in [0.5, 0.6) is 0 Å². The second-order valence-corrected chi connectivity index (χ2v) is 2.22. The van der Waals surface area contributed by atoms with Crippen LogP contribution in [-0.4, -0.2) is 6.54 Å². The highest BCUT2D eigenvalue weighted by Gasteiger charge is 2.02. The van der Waals surface area contributed by atoms with Crippen LogP contribution in [0.4, 0.5) is 0 Å². The van der Waals surface area contributed by atoms with Gasteiger partial charge in [-0.3, -0.25) is 0 Å². The van der Waals surface area contributed by atoms with Crippen LogP contribution in [0.15, 0.2) is 11.4 Å². The molecule has 1 rings (SSSR count). The summed E-state index contributed by atoms with van der Waals surface area (Å²) >= 11 is 0. The molecule has 0 aromatic carbocycles. The Morgan fingerprint density at radius 2 is 2.38 bits per heavy atom. The Morgan fingerprint density at radius 3 is 2.75 bits per heavy atom. The second-order valence-electron chi connectivity index (χ2n) is 2.22. The zero-order valence-corrected chi connectivity index (χ0v) is 5.20. The molecule has 0 atom stereocenters. The molecule has 0 fully saturated rings. The summed E-state index contributed by atoms with van der Waals surface area (Å²) in [5.74, 6) is 0.885. The summed E-state index contributed by atoms with van der Waals surface area (Å²) in [7, 11) is 0. The highest BCUT2D eigenvalue weighted by Crippen LogP contribution is 2.08. The maximum absolute atomic E-state index is 5.55. The van der Waals surface area contributed by atoms with Crippen molar-refractivity contribution in [1.82, 2.24) is 5.32 Å². The van der Waals surface area contributed by atoms with Crippen LogP contribution in [0.1, 0.15) is 19.8 Å². The van der Waals surface area contributed by atoms with E-state index < -0.39 is 0 Å². The van der Waals surface area contributed by atoms with Gasteiger partial charge in [0.1, 0.15) is 0 Å². The van der Waals surface area contributed by atoms with E-state index in [0.29, 0.717) is 0 Å². The van der Waals surface area contributed by atoms with Gasteiger partial charge in [-0.05, 0) is 25.3 Å². The minimum atomic E-state index is 0.885. The Kier molecular flexibility index (Phi) is 1.42. The Bertz CT molecular complexity index is 102. The van der Waals surface area contributed by atoms with E-state index in [2.05, 4.69) is 12.2 Å². The third kappa shape index (κ3) is 0.941. The number of rotatable bonds is 0. The molecule has 0 radical (unpaired) electrons. The standard InChI is InChI=1S/C6H12N2/c1-5-3-2-4-8-6(5)7/h8H,2-4,7H2,1H3. The molecule has 0 spiro atoms. The van der Waals surface area contributed by atoms with Gasteiger partial charge >= 0.3 is 0 Å². The topological polar surface area (TPSA) is 38.0 Å². The molecule has 1 aliphatic heterocycles. The van der Waals surface area contributed by atoms with Crippen LogP contribution in [0.2, 0.25) is 0 Å². The van der Waals surface area contributed by atoms with Crippen molar-refractivity contribution in [3.63, 3.8) is 0 Å². The maximum Gasteiger partial charge on any atom is 0.0948 e. The van der Waals surface area contributed by atoms with Crippen LogP contribution >= 0.6 is 0 Å². The second kappa shape index (κ2) is 2.07. The maximum atomic E-state index is 5.55. The average molecular weight is 112 g/mol. The minimum Gasteiger partial charge on any atom is -0.386 e. The molecule has 3 N–H and O–H groups in total. The fourth-order valence-corrected chi connectivity index (χ4v) is 0.862. The van der Waals surface area contributed by atoms with E-state index in [1.807, 2.05) is 0 Å². The first kappa shape index (κ1) is 5.48. The first-order chi connectivity index (χ1) is 3.80. The summed E-state index contributed by atoms with van der Waals surface area (Å²) in [6, 6.07) is 0. The molecule has 8 heavy (non-hydrogen) atoms. The van der Waals surface area contributed by atoms with Crippen molar-refractivity contribution in [2.24, 2.45) is 5.73 Å². The van der Waals surface area contributed by atoms with Gasteiger partial charge < -0.3 is 11.1 Å². The van der Waals surface area contributed by atoms with Crippen molar-refractivity contribution < 1.29 is 0 Å². The molecule has 0 aromatic rings. The van der Waals surface area contributed by atoms with Gasteiger partial charge in [0.2, 0.25) is 0 Å². The molecule has 0 unspecified atom stereocenters. The van der Waals surface area contributed by atoms with Crippen LogP contribution < -0.4 is 11.1 Å². The van der Waals surface area contributed by atoms with Crippen molar-refractivity contribution in [3.05, 3.63) is 11.4 Å². The molecule has 1 aliphatic rings. The van der Waals surface area contributed by atoms with Gasteiger partial charge in [0.05, 0.1) is 5.82 Å². The fourth-order valence-electron chi connectivity index (χ4n) is 0.862. The highest BCUT2D eigenvalue weighted by atomic mass is 15.0. The number of nitrogens with two attached hydrogens (primary N) is 1. The van der Waals surface area contributed by atoms with Gasteiger partial charge in [-0.25, -0.2) is 0 Å². The predicted octanol–water partition coefficient (Wildman–Crippen LogP) is 0.560. The summed E-state index contributed by atoms with van der Waals surface area (Å²) in [6.07, 6.45) is 2.39. The van der Waals surface area contributed by atoms with E-state index in [9.17, 15) is 0 Å². The molecular formula is C6H12N2. The van der Waals surface area contributed by atoms with Crippen LogP contribution in [-0.2, 0) is 0 Å². The normalized spacial score (nSPS) is 20.6. The highest BCUT2D eigenvalue weighted by molar-refractivity contribution is 5.08. The number of nitrogens with one attached hydrogen (secondary N) is 1.